The van der Waals surface area contributed by atoms with Crippen molar-refractivity contribution in [1.29, 1.82) is 0 Å². The van der Waals surface area contributed by atoms with Gasteiger partial charge >= 0.3 is 0 Å². The van der Waals surface area contributed by atoms with Crippen molar-refractivity contribution in [2.75, 3.05) is 13.7 Å². The van der Waals surface area contributed by atoms with Gasteiger partial charge in [-0.05, 0) is 25.5 Å². The molecule has 0 aliphatic carbocycles. The molecule has 0 aliphatic rings. The number of carbonyl (C=O) groups is 1. The molecule has 0 bridgehead atoms. The monoisotopic (exact) mass is 221 g/mol. The summed E-state index contributed by atoms with van der Waals surface area (Å²) in [5.41, 5.74) is 1.85. The van der Waals surface area contributed by atoms with Crippen LogP contribution in [0.4, 0.5) is 0 Å². The third-order valence-electron chi connectivity index (χ3n) is 2.09. The maximum Gasteiger partial charge on any atom is 0.172 e. The van der Waals surface area contributed by atoms with E-state index in [4.69, 9.17) is 4.74 Å². The molecule has 0 N–H and O–H groups in total. The Kier molecular flexibility index (Phi) is 4.51. The average molecular weight is 221 g/mol. The molecule has 86 valence electrons. The van der Waals surface area contributed by atoms with Gasteiger partial charge in [0.2, 0.25) is 0 Å². The second kappa shape index (κ2) is 5.90. The van der Waals surface area contributed by atoms with E-state index in [1.807, 2.05) is 26.0 Å². The molecule has 0 fully saturated rings. The number of nitrogens with zero attached hydrogens (tertiary/aromatic N) is 1. The molecule has 1 rings (SSSR count). The fourth-order valence-corrected chi connectivity index (χ4v) is 1.47. The quantitative estimate of drug-likeness (QED) is 0.433. The van der Waals surface area contributed by atoms with Crippen LogP contribution in [0.15, 0.2) is 23.4 Å². The fraction of sp³-hybridized carbons (Fsp3) is 0.333. The highest BCUT2D eigenvalue weighted by Crippen LogP contribution is 2.22. The molecule has 0 heterocycles. The first-order chi connectivity index (χ1) is 7.74. The molecule has 0 spiro atoms. The third kappa shape index (κ3) is 2.59. The van der Waals surface area contributed by atoms with Gasteiger partial charge in [-0.15, -0.1) is 0 Å². The zero-order valence-electron chi connectivity index (χ0n) is 9.69. The first-order valence-electron chi connectivity index (χ1n) is 5.03. The van der Waals surface area contributed by atoms with Crippen molar-refractivity contribution in [1.82, 2.24) is 0 Å². The number of rotatable bonds is 5. The van der Waals surface area contributed by atoms with E-state index in [0.717, 1.165) is 5.56 Å². The van der Waals surface area contributed by atoms with Crippen LogP contribution in [0.5, 0.6) is 5.75 Å². The van der Waals surface area contributed by atoms with E-state index < -0.39 is 0 Å². The maximum atomic E-state index is 10.9. The Balaban J connectivity index is 3.27. The van der Waals surface area contributed by atoms with Crippen LogP contribution in [-0.4, -0.2) is 25.7 Å². The van der Waals surface area contributed by atoms with Crippen molar-refractivity contribution in [3.05, 3.63) is 29.3 Å². The Morgan fingerprint density at radius 3 is 2.81 bits per heavy atom. The summed E-state index contributed by atoms with van der Waals surface area (Å²) in [7, 11) is 1.40. The molecule has 0 amide bonds. The van der Waals surface area contributed by atoms with E-state index in [1.165, 1.54) is 7.11 Å². The summed E-state index contributed by atoms with van der Waals surface area (Å²) in [6.45, 7) is 4.32. The summed E-state index contributed by atoms with van der Waals surface area (Å²) in [4.78, 5) is 15.6. The van der Waals surface area contributed by atoms with Gasteiger partial charge in [-0.25, -0.2) is 0 Å². The Labute approximate surface area is 94.9 Å². The van der Waals surface area contributed by atoms with Gasteiger partial charge in [0.05, 0.1) is 12.2 Å². The number of oxime groups is 1. The summed E-state index contributed by atoms with van der Waals surface area (Å²) >= 11 is 0. The minimum absolute atomic E-state index is 0.240. The minimum Gasteiger partial charge on any atom is -0.493 e. The maximum absolute atomic E-state index is 10.9. The van der Waals surface area contributed by atoms with Crippen molar-refractivity contribution in [2.45, 2.75) is 13.8 Å². The second-order valence-corrected chi connectivity index (χ2v) is 3.16. The van der Waals surface area contributed by atoms with Crippen LogP contribution in [0.25, 0.3) is 0 Å². The van der Waals surface area contributed by atoms with Crippen LogP contribution in [-0.2, 0) is 9.63 Å². The van der Waals surface area contributed by atoms with Crippen LogP contribution >= 0.6 is 0 Å². The zero-order valence-corrected chi connectivity index (χ0v) is 9.69. The molecule has 1 aromatic rings. The third-order valence-corrected chi connectivity index (χ3v) is 2.09. The second-order valence-electron chi connectivity index (χ2n) is 3.16. The normalized spacial score (nSPS) is 11.1. The Hall–Kier alpha value is -1.84. The van der Waals surface area contributed by atoms with Crippen LogP contribution in [0, 0.1) is 6.92 Å². The topological polar surface area (TPSA) is 47.9 Å². The number of benzene rings is 1. The van der Waals surface area contributed by atoms with E-state index in [-0.39, 0.29) is 5.71 Å². The highest BCUT2D eigenvalue weighted by atomic mass is 16.6. The van der Waals surface area contributed by atoms with E-state index in [2.05, 4.69) is 9.99 Å². The molecule has 0 radical (unpaired) electrons. The van der Waals surface area contributed by atoms with Crippen LogP contribution in [0.1, 0.15) is 18.1 Å². The number of hydrogen-bond acceptors (Lipinski definition) is 4. The molecule has 0 saturated heterocycles. The lowest BCUT2D eigenvalue weighted by Crippen LogP contribution is -2.09. The number of carbonyl (C=O) groups excluding carboxylic acids is 1. The van der Waals surface area contributed by atoms with Crippen molar-refractivity contribution in [3.8, 4) is 5.75 Å². The molecule has 0 atom stereocenters. The number of ether oxygens (including phenoxy) is 1. The van der Waals surface area contributed by atoms with Crippen molar-refractivity contribution in [2.24, 2.45) is 5.16 Å². The number of hydrogen-bond donors (Lipinski definition) is 0. The molecule has 0 aromatic heterocycles. The summed E-state index contributed by atoms with van der Waals surface area (Å²) in [5.74, 6) is 0.644. The summed E-state index contributed by atoms with van der Waals surface area (Å²) in [6, 6.07) is 5.58. The molecule has 4 nitrogen and oxygen atoms in total. The lowest BCUT2D eigenvalue weighted by Gasteiger charge is -2.11. The predicted molar refractivity (Wildman–Crippen MR) is 62.0 cm³/mol. The lowest BCUT2D eigenvalue weighted by atomic mass is 10.0. The van der Waals surface area contributed by atoms with Gasteiger partial charge in [0, 0.05) is 0 Å². The highest BCUT2D eigenvalue weighted by Gasteiger charge is 2.13. The molecule has 0 aliphatic heterocycles. The Bertz CT molecular complexity index is 399. The molecule has 16 heavy (non-hydrogen) atoms. The predicted octanol–water partition coefficient (Wildman–Crippen LogP) is 1.94. The van der Waals surface area contributed by atoms with E-state index in [1.54, 1.807) is 6.07 Å². The molecule has 4 heteroatoms. The largest absolute Gasteiger partial charge is 0.493 e. The Morgan fingerprint density at radius 1 is 1.50 bits per heavy atom. The molecule has 0 saturated carbocycles. The van der Waals surface area contributed by atoms with Crippen LogP contribution in [0.2, 0.25) is 0 Å². The Morgan fingerprint density at radius 2 is 2.25 bits per heavy atom. The molecule has 0 unspecified atom stereocenters. The van der Waals surface area contributed by atoms with Gasteiger partial charge in [0.25, 0.3) is 0 Å². The molecular weight excluding hydrogens is 206 g/mol. The van der Waals surface area contributed by atoms with Crippen molar-refractivity contribution >= 4 is 12.0 Å². The fourth-order valence-electron chi connectivity index (χ4n) is 1.47. The van der Waals surface area contributed by atoms with Gasteiger partial charge in [0.15, 0.2) is 12.0 Å². The van der Waals surface area contributed by atoms with Gasteiger partial charge < -0.3 is 9.57 Å². The molecular formula is C12H15NO3. The van der Waals surface area contributed by atoms with E-state index >= 15 is 0 Å². The number of aldehydes is 1. The van der Waals surface area contributed by atoms with E-state index in [9.17, 15) is 4.79 Å². The smallest absolute Gasteiger partial charge is 0.172 e. The standard InChI is InChI=1S/C12H15NO3/c1-4-16-11-7-5-6-9(2)12(11)10(8-14)13-15-3/h5-8H,4H2,1-3H3/b13-10-. The average Bonchev–Trinajstić information content (AvgIpc) is 2.28. The van der Waals surface area contributed by atoms with Crippen molar-refractivity contribution in [3.63, 3.8) is 0 Å². The first-order valence-corrected chi connectivity index (χ1v) is 5.03. The zero-order chi connectivity index (χ0) is 12.0. The van der Waals surface area contributed by atoms with Crippen LogP contribution in [0.3, 0.4) is 0 Å². The van der Waals surface area contributed by atoms with E-state index in [0.29, 0.717) is 24.2 Å². The minimum atomic E-state index is 0.240. The van der Waals surface area contributed by atoms with Crippen molar-refractivity contribution < 1.29 is 14.4 Å². The highest BCUT2D eigenvalue weighted by molar-refractivity contribution is 6.37. The summed E-state index contributed by atoms with van der Waals surface area (Å²) in [6.07, 6.45) is 0.661. The van der Waals surface area contributed by atoms with Gasteiger partial charge in [-0.3, -0.25) is 4.79 Å². The van der Waals surface area contributed by atoms with Gasteiger partial charge in [0.1, 0.15) is 12.9 Å². The number of aryl methyl sites for hydroxylation is 1. The first kappa shape index (κ1) is 12.2. The molecule has 1 aromatic carbocycles. The van der Waals surface area contributed by atoms with Gasteiger partial charge in [-0.1, -0.05) is 17.3 Å². The summed E-state index contributed by atoms with van der Waals surface area (Å²) < 4.78 is 5.45. The van der Waals surface area contributed by atoms with Crippen LogP contribution < -0.4 is 4.74 Å². The SMILES string of the molecule is CCOc1cccc(C)c1/C(C=O)=N\OC. The van der Waals surface area contributed by atoms with Gasteiger partial charge in [-0.2, -0.15) is 0 Å². The lowest BCUT2D eigenvalue weighted by molar-refractivity contribution is -0.102. The summed E-state index contributed by atoms with van der Waals surface area (Å²) in [5, 5.41) is 3.69.